The molecule has 2 rings (SSSR count). The van der Waals surface area contributed by atoms with Crippen LogP contribution in [0.25, 0.3) is 0 Å². The molecule has 0 saturated heterocycles. The van der Waals surface area contributed by atoms with Crippen molar-refractivity contribution in [2.75, 3.05) is 0 Å². The average molecular weight is 384 g/mol. The lowest BCUT2D eigenvalue weighted by molar-refractivity contribution is 0.101. The molecule has 0 aliphatic rings. The number of rotatable bonds is 4. The van der Waals surface area contributed by atoms with Gasteiger partial charge < -0.3 is 4.74 Å². The second-order valence-electron chi connectivity index (χ2n) is 4.09. The molecule has 0 bridgehead atoms. The van der Waals surface area contributed by atoms with Crippen molar-refractivity contribution in [1.82, 2.24) is 0 Å². The Bertz CT molecular complexity index is 571. The maximum atomic E-state index is 11.5. The van der Waals surface area contributed by atoms with E-state index in [9.17, 15) is 4.79 Å². The van der Waals surface area contributed by atoms with Gasteiger partial charge in [0.1, 0.15) is 12.4 Å². The van der Waals surface area contributed by atoms with Crippen molar-refractivity contribution >= 4 is 37.6 Å². The zero-order valence-corrected chi connectivity index (χ0v) is 13.5. The number of carbonyl (C=O) groups excluding carboxylic acids is 1. The highest BCUT2D eigenvalue weighted by atomic mass is 79.9. The van der Waals surface area contributed by atoms with Gasteiger partial charge in [0.15, 0.2) is 5.78 Å². The first-order valence-electron chi connectivity index (χ1n) is 5.74. The highest BCUT2D eigenvalue weighted by Gasteiger charge is 2.12. The summed E-state index contributed by atoms with van der Waals surface area (Å²) in [5.74, 6) is 0.723. The second kappa shape index (κ2) is 6.35. The van der Waals surface area contributed by atoms with Crippen molar-refractivity contribution in [3.8, 4) is 5.75 Å². The van der Waals surface area contributed by atoms with Crippen molar-refractivity contribution < 1.29 is 9.53 Å². The highest BCUT2D eigenvalue weighted by Crippen LogP contribution is 2.31. The van der Waals surface area contributed by atoms with E-state index >= 15 is 0 Å². The molecule has 0 aromatic heterocycles. The molecule has 0 fully saturated rings. The third-order valence-corrected chi connectivity index (χ3v) is 3.87. The molecule has 0 aliphatic heterocycles. The van der Waals surface area contributed by atoms with Crippen molar-refractivity contribution in [3.05, 3.63) is 62.5 Å². The average Bonchev–Trinajstić information content (AvgIpc) is 2.36. The lowest BCUT2D eigenvalue weighted by Gasteiger charge is -2.10. The van der Waals surface area contributed by atoms with Crippen LogP contribution >= 0.6 is 31.9 Å². The minimum absolute atomic E-state index is 0.00774. The smallest absolute Gasteiger partial charge is 0.162 e. The maximum absolute atomic E-state index is 11.5. The molecule has 0 amide bonds. The van der Waals surface area contributed by atoms with Crippen molar-refractivity contribution in [2.24, 2.45) is 0 Å². The highest BCUT2D eigenvalue weighted by molar-refractivity contribution is 9.11. The van der Waals surface area contributed by atoms with E-state index < -0.39 is 0 Å². The molecule has 0 atom stereocenters. The molecule has 0 heterocycles. The first-order valence-corrected chi connectivity index (χ1v) is 7.33. The van der Waals surface area contributed by atoms with Crippen molar-refractivity contribution in [1.29, 1.82) is 0 Å². The topological polar surface area (TPSA) is 26.3 Å². The van der Waals surface area contributed by atoms with E-state index in [1.54, 1.807) is 0 Å². The van der Waals surface area contributed by atoms with Crippen LogP contribution < -0.4 is 4.74 Å². The molecular formula is C15H12Br2O2. The molecule has 0 saturated carbocycles. The van der Waals surface area contributed by atoms with E-state index in [2.05, 4.69) is 31.9 Å². The Hall–Kier alpha value is -1.13. The molecule has 0 unspecified atom stereocenters. The Morgan fingerprint density at radius 2 is 1.68 bits per heavy atom. The van der Waals surface area contributed by atoms with Gasteiger partial charge in [0.05, 0.1) is 0 Å². The van der Waals surface area contributed by atoms with E-state index in [0.29, 0.717) is 17.9 Å². The zero-order valence-electron chi connectivity index (χ0n) is 10.3. The molecule has 0 spiro atoms. The van der Waals surface area contributed by atoms with Crippen LogP contribution in [0.15, 0.2) is 51.4 Å². The molecule has 2 nitrogen and oxygen atoms in total. The molecule has 2 aromatic rings. The number of hydrogen-bond acceptors (Lipinski definition) is 2. The summed E-state index contributed by atoms with van der Waals surface area (Å²) in [4.78, 5) is 11.5. The standard InChI is InChI=1S/C15H12Br2O2/c1-10(18)15-13(16)7-12(8-14(15)17)19-9-11-5-3-2-4-6-11/h2-8H,9H2,1H3. The van der Waals surface area contributed by atoms with E-state index in [1.165, 1.54) is 6.92 Å². The monoisotopic (exact) mass is 382 g/mol. The minimum atomic E-state index is 0.00774. The molecular weight excluding hydrogens is 372 g/mol. The Balaban J connectivity index is 2.16. The van der Waals surface area contributed by atoms with Gasteiger partial charge in [-0.05, 0) is 56.5 Å². The summed E-state index contributed by atoms with van der Waals surface area (Å²) in [5.41, 5.74) is 1.73. The quantitative estimate of drug-likeness (QED) is 0.695. The third kappa shape index (κ3) is 3.67. The van der Waals surface area contributed by atoms with Crippen LogP contribution in [-0.4, -0.2) is 5.78 Å². The van der Waals surface area contributed by atoms with E-state index in [-0.39, 0.29) is 5.78 Å². The summed E-state index contributed by atoms with van der Waals surface area (Å²) in [6.07, 6.45) is 0. The van der Waals surface area contributed by atoms with Gasteiger partial charge in [-0.2, -0.15) is 0 Å². The Labute approximate surface area is 129 Å². The van der Waals surface area contributed by atoms with Gasteiger partial charge in [-0.1, -0.05) is 30.3 Å². The summed E-state index contributed by atoms with van der Waals surface area (Å²) in [6.45, 7) is 2.04. The predicted molar refractivity (Wildman–Crippen MR) is 82.6 cm³/mol. The van der Waals surface area contributed by atoms with E-state index in [1.807, 2.05) is 42.5 Å². The number of ether oxygens (including phenoxy) is 1. The van der Waals surface area contributed by atoms with Crippen LogP contribution in [0.5, 0.6) is 5.75 Å². The number of hydrogen-bond donors (Lipinski definition) is 0. The summed E-state index contributed by atoms with van der Waals surface area (Å²) in [6, 6.07) is 13.6. The fourth-order valence-corrected chi connectivity index (χ4v) is 3.41. The fraction of sp³-hybridized carbons (Fsp3) is 0.133. The molecule has 4 heteroatoms. The largest absolute Gasteiger partial charge is 0.489 e. The number of benzene rings is 2. The molecule has 0 N–H and O–H groups in total. The Kier molecular flexibility index (Phi) is 4.77. The van der Waals surface area contributed by atoms with Crippen LogP contribution in [0.1, 0.15) is 22.8 Å². The molecule has 0 aliphatic carbocycles. The second-order valence-corrected chi connectivity index (χ2v) is 5.80. The van der Waals surface area contributed by atoms with Crippen LogP contribution in [0.3, 0.4) is 0 Å². The first kappa shape index (κ1) is 14.3. The molecule has 2 aromatic carbocycles. The van der Waals surface area contributed by atoms with Crippen molar-refractivity contribution in [2.45, 2.75) is 13.5 Å². The number of ketones is 1. The van der Waals surface area contributed by atoms with Gasteiger partial charge in [-0.25, -0.2) is 0 Å². The van der Waals surface area contributed by atoms with Crippen LogP contribution in [0.4, 0.5) is 0 Å². The van der Waals surface area contributed by atoms with Crippen LogP contribution in [-0.2, 0) is 6.61 Å². The maximum Gasteiger partial charge on any atom is 0.162 e. The summed E-state index contributed by atoms with van der Waals surface area (Å²) >= 11 is 6.79. The third-order valence-electron chi connectivity index (χ3n) is 2.62. The Morgan fingerprint density at radius 3 is 2.21 bits per heavy atom. The lowest BCUT2D eigenvalue weighted by atomic mass is 10.1. The van der Waals surface area contributed by atoms with Gasteiger partial charge in [0, 0.05) is 14.5 Å². The number of halogens is 2. The van der Waals surface area contributed by atoms with Gasteiger partial charge in [0.25, 0.3) is 0 Å². The van der Waals surface area contributed by atoms with Crippen LogP contribution in [0.2, 0.25) is 0 Å². The fourth-order valence-electron chi connectivity index (χ4n) is 1.71. The van der Waals surface area contributed by atoms with Gasteiger partial charge in [0.2, 0.25) is 0 Å². The number of carbonyl (C=O) groups is 1. The summed E-state index contributed by atoms with van der Waals surface area (Å²) < 4.78 is 7.18. The van der Waals surface area contributed by atoms with Crippen LogP contribution in [0, 0.1) is 0 Å². The minimum Gasteiger partial charge on any atom is -0.489 e. The summed E-state index contributed by atoms with van der Waals surface area (Å²) in [5, 5.41) is 0. The molecule has 19 heavy (non-hydrogen) atoms. The SMILES string of the molecule is CC(=O)c1c(Br)cc(OCc2ccccc2)cc1Br. The van der Waals surface area contributed by atoms with Gasteiger partial charge in [-0.3, -0.25) is 4.79 Å². The lowest BCUT2D eigenvalue weighted by Crippen LogP contribution is -1.99. The zero-order chi connectivity index (χ0) is 13.8. The first-order chi connectivity index (χ1) is 9.08. The predicted octanol–water partition coefficient (Wildman–Crippen LogP) is 4.99. The van der Waals surface area contributed by atoms with E-state index in [4.69, 9.17) is 4.74 Å². The van der Waals surface area contributed by atoms with Gasteiger partial charge >= 0.3 is 0 Å². The normalized spacial score (nSPS) is 10.3. The van der Waals surface area contributed by atoms with Crippen molar-refractivity contribution in [3.63, 3.8) is 0 Å². The Morgan fingerprint density at radius 1 is 1.11 bits per heavy atom. The number of Topliss-reactive ketones (excluding diaryl/α,β-unsaturated/α-hetero) is 1. The van der Waals surface area contributed by atoms with Gasteiger partial charge in [-0.15, -0.1) is 0 Å². The molecule has 0 radical (unpaired) electrons. The molecule has 98 valence electrons. The van der Waals surface area contributed by atoms with E-state index in [0.717, 1.165) is 14.5 Å². The summed E-state index contributed by atoms with van der Waals surface area (Å²) in [7, 11) is 0.